The van der Waals surface area contributed by atoms with Crippen LogP contribution < -0.4 is 10.6 Å². The van der Waals surface area contributed by atoms with Gasteiger partial charge < -0.3 is 10.6 Å². The van der Waals surface area contributed by atoms with Crippen LogP contribution in [0.3, 0.4) is 0 Å². The van der Waals surface area contributed by atoms with Crippen LogP contribution in [0.15, 0.2) is 61.3 Å². The van der Waals surface area contributed by atoms with Gasteiger partial charge in [0.15, 0.2) is 0 Å². The maximum Gasteiger partial charge on any atom is 0.319 e. The molecule has 2 N–H and O–H groups in total. The Balaban J connectivity index is 1.49. The molecular weight excluding hydrogens is 304 g/mol. The van der Waals surface area contributed by atoms with Crippen molar-refractivity contribution in [1.29, 1.82) is 0 Å². The van der Waals surface area contributed by atoms with Crippen molar-refractivity contribution < 1.29 is 4.79 Å². The highest BCUT2D eigenvalue weighted by molar-refractivity contribution is 5.89. The van der Waals surface area contributed by atoms with E-state index in [1.807, 2.05) is 36.4 Å². The number of nitrogens with zero attached hydrogens (tertiary/aromatic N) is 4. The van der Waals surface area contributed by atoms with Gasteiger partial charge in [-0.15, -0.1) is 0 Å². The molecule has 3 rings (SSSR count). The molecule has 0 unspecified atom stereocenters. The molecule has 7 heteroatoms. The van der Waals surface area contributed by atoms with Crippen LogP contribution in [-0.4, -0.2) is 32.3 Å². The van der Waals surface area contributed by atoms with Crippen LogP contribution >= 0.6 is 0 Å². The first-order chi connectivity index (χ1) is 11.8. The quantitative estimate of drug-likeness (QED) is 0.683. The maximum atomic E-state index is 11.9. The second kappa shape index (κ2) is 7.87. The third-order valence-corrected chi connectivity index (χ3v) is 3.40. The van der Waals surface area contributed by atoms with Crippen molar-refractivity contribution in [2.45, 2.75) is 13.0 Å². The van der Waals surface area contributed by atoms with E-state index in [9.17, 15) is 4.79 Å². The summed E-state index contributed by atoms with van der Waals surface area (Å²) in [6.45, 7) is 1.27. The normalized spacial score (nSPS) is 10.3. The highest BCUT2D eigenvalue weighted by Gasteiger charge is 2.04. The number of carbonyl (C=O) groups excluding carboxylic acids is 1. The Bertz CT molecular complexity index is 773. The molecule has 1 aromatic carbocycles. The Kier molecular flexibility index (Phi) is 5.14. The van der Waals surface area contributed by atoms with Crippen LogP contribution in [0.4, 0.5) is 10.5 Å². The number of aromatic nitrogens is 4. The lowest BCUT2D eigenvalue weighted by atomic mass is 10.1. The van der Waals surface area contributed by atoms with Crippen LogP contribution in [-0.2, 0) is 6.54 Å². The Labute approximate surface area is 139 Å². The molecule has 0 spiro atoms. The van der Waals surface area contributed by atoms with Crippen molar-refractivity contribution in [3.63, 3.8) is 0 Å². The van der Waals surface area contributed by atoms with Crippen molar-refractivity contribution >= 4 is 11.7 Å². The average molecular weight is 322 g/mol. The molecule has 122 valence electrons. The monoisotopic (exact) mass is 322 g/mol. The molecule has 0 fully saturated rings. The van der Waals surface area contributed by atoms with Gasteiger partial charge in [-0.3, -0.25) is 9.67 Å². The third-order valence-electron chi connectivity index (χ3n) is 3.40. The van der Waals surface area contributed by atoms with Gasteiger partial charge in [0, 0.05) is 30.5 Å². The number of nitrogens with one attached hydrogen (secondary N) is 2. The van der Waals surface area contributed by atoms with E-state index in [4.69, 9.17) is 0 Å². The van der Waals surface area contributed by atoms with E-state index in [1.54, 1.807) is 23.3 Å². The summed E-state index contributed by atoms with van der Waals surface area (Å²) in [7, 11) is 0. The summed E-state index contributed by atoms with van der Waals surface area (Å²) in [6, 6.07) is 13.2. The topological polar surface area (TPSA) is 84.7 Å². The minimum atomic E-state index is -0.237. The summed E-state index contributed by atoms with van der Waals surface area (Å²) in [5, 5.41) is 9.65. The molecular formula is C17H18N6O. The summed E-state index contributed by atoms with van der Waals surface area (Å²) < 4.78 is 1.73. The smallest absolute Gasteiger partial charge is 0.319 e. The van der Waals surface area contributed by atoms with Gasteiger partial charge >= 0.3 is 6.03 Å². The number of carbonyl (C=O) groups is 1. The lowest BCUT2D eigenvalue weighted by Gasteiger charge is -2.09. The largest absolute Gasteiger partial charge is 0.338 e. The zero-order valence-corrected chi connectivity index (χ0v) is 13.1. The highest BCUT2D eigenvalue weighted by Crippen LogP contribution is 2.19. The number of benzene rings is 1. The maximum absolute atomic E-state index is 11.9. The molecule has 0 aliphatic rings. The van der Waals surface area contributed by atoms with Crippen molar-refractivity contribution in [3.05, 3.63) is 61.3 Å². The first-order valence-corrected chi connectivity index (χ1v) is 7.70. The number of urea groups is 1. The molecule has 0 saturated heterocycles. The Morgan fingerprint density at radius 3 is 2.83 bits per heavy atom. The van der Waals surface area contributed by atoms with Gasteiger partial charge in [0.05, 0.1) is 5.69 Å². The second-order valence-corrected chi connectivity index (χ2v) is 5.19. The molecule has 2 heterocycles. The highest BCUT2D eigenvalue weighted by atomic mass is 16.2. The van der Waals surface area contributed by atoms with Crippen molar-refractivity contribution in [1.82, 2.24) is 25.1 Å². The minimum Gasteiger partial charge on any atom is -0.338 e. The van der Waals surface area contributed by atoms with Crippen molar-refractivity contribution in [2.75, 3.05) is 11.9 Å². The van der Waals surface area contributed by atoms with Gasteiger partial charge in [0.1, 0.15) is 12.7 Å². The number of hydrogen-bond donors (Lipinski definition) is 2. The Morgan fingerprint density at radius 1 is 1.17 bits per heavy atom. The SMILES string of the molecule is O=C(NCCCn1cncn1)Nc1ccnc(-c2ccccc2)c1. The molecule has 24 heavy (non-hydrogen) atoms. The molecule has 0 aliphatic heterocycles. The molecule has 2 aromatic heterocycles. The van der Waals surface area contributed by atoms with E-state index in [2.05, 4.69) is 25.7 Å². The number of rotatable bonds is 6. The van der Waals surface area contributed by atoms with Gasteiger partial charge in [0.2, 0.25) is 0 Å². The summed E-state index contributed by atoms with van der Waals surface area (Å²) in [6.07, 6.45) is 5.61. The molecule has 0 radical (unpaired) electrons. The summed E-state index contributed by atoms with van der Waals surface area (Å²) in [5.41, 5.74) is 2.53. The Morgan fingerprint density at radius 2 is 2.04 bits per heavy atom. The van der Waals surface area contributed by atoms with Gasteiger partial charge in [0.25, 0.3) is 0 Å². The fraction of sp³-hybridized carbons (Fsp3) is 0.176. The lowest BCUT2D eigenvalue weighted by molar-refractivity contribution is 0.251. The molecule has 0 saturated carbocycles. The van der Waals surface area contributed by atoms with E-state index in [0.29, 0.717) is 18.8 Å². The first-order valence-electron chi connectivity index (χ1n) is 7.70. The molecule has 2 amide bonds. The molecule has 0 atom stereocenters. The first kappa shape index (κ1) is 15.7. The van der Waals surface area contributed by atoms with E-state index in [1.165, 1.54) is 6.33 Å². The average Bonchev–Trinajstić information content (AvgIpc) is 3.13. The third kappa shape index (κ3) is 4.39. The summed E-state index contributed by atoms with van der Waals surface area (Å²) in [4.78, 5) is 20.1. The number of amides is 2. The molecule has 7 nitrogen and oxygen atoms in total. The number of aryl methyl sites for hydroxylation is 1. The van der Waals surface area contributed by atoms with Gasteiger partial charge in [-0.2, -0.15) is 5.10 Å². The van der Waals surface area contributed by atoms with Crippen LogP contribution in [0.25, 0.3) is 11.3 Å². The van der Waals surface area contributed by atoms with E-state index in [0.717, 1.165) is 17.7 Å². The fourth-order valence-corrected chi connectivity index (χ4v) is 2.24. The van der Waals surface area contributed by atoms with Crippen LogP contribution in [0.1, 0.15) is 6.42 Å². The van der Waals surface area contributed by atoms with Gasteiger partial charge in [-0.05, 0) is 18.6 Å². The fourth-order valence-electron chi connectivity index (χ4n) is 2.24. The van der Waals surface area contributed by atoms with E-state index < -0.39 is 0 Å². The summed E-state index contributed by atoms with van der Waals surface area (Å²) >= 11 is 0. The minimum absolute atomic E-state index is 0.237. The van der Waals surface area contributed by atoms with Crippen molar-refractivity contribution in [2.24, 2.45) is 0 Å². The van der Waals surface area contributed by atoms with Crippen LogP contribution in [0.5, 0.6) is 0 Å². The zero-order chi connectivity index (χ0) is 16.6. The molecule has 0 aliphatic carbocycles. The lowest BCUT2D eigenvalue weighted by Crippen LogP contribution is -2.30. The number of hydrogen-bond acceptors (Lipinski definition) is 4. The number of anilines is 1. The van der Waals surface area contributed by atoms with Crippen LogP contribution in [0, 0.1) is 0 Å². The van der Waals surface area contributed by atoms with Gasteiger partial charge in [-0.25, -0.2) is 9.78 Å². The van der Waals surface area contributed by atoms with Gasteiger partial charge in [-0.1, -0.05) is 30.3 Å². The van der Waals surface area contributed by atoms with Crippen LogP contribution in [0.2, 0.25) is 0 Å². The Hall–Kier alpha value is -3.22. The molecule has 3 aromatic rings. The number of pyridine rings is 1. The summed E-state index contributed by atoms with van der Waals surface area (Å²) in [5.74, 6) is 0. The predicted octanol–water partition coefficient (Wildman–Crippen LogP) is 2.55. The molecule has 0 bridgehead atoms. The van der Waals surface area contributed by atoms with E-state index >= 15 is 0 Å². The standard InChI is InChI=1S/C17H18N6O/c24-17(20-8-4-10-23-13-18-12-21-23)22-15-7-9-19-16(11-15)14-5-2-1-3-6-14/h1-3,5-7,9,11-13H,4,8,10H2,(H2,19,20,22,24). The van der Waals surface area contributed by atoms with E-state index in [-0.39, 0.29) is 6.03 Å². The zero-order valence-electron chi connectivity index (χ0n) is 13.1. The predicted molar refractivity (Wildman–Crippen MR) is 91.3 cm³/mol. The second-order valence-electron chi connectivity index (χ2n) is 5.19. The van der Waals surface area contributed by atoms with Crippen molar-refractivity contribution in [3.8, 4) is 11.3 Å².